The van der Waals surface area contributed by atoms with Gasteiger partial charge < -0.3 is 10.5 Å². The first-order chi connectivity index (χ1) is 6.24. The van der Waals surface area contributed by atoms with Crippen LogP contribution in [0.15, 0.2) is 17.5 Å². The predicted octanol–water partition coefficient (Wildman–Crippen LogP) is 3.10. The first-order valence-corrected chi connectivity index (χ1v) is 5.69. The molecule has 0 radical (unpaired) electrons. The molecule has 0 fully saturated rings. The van der Waals surface area contributed by atoms with Crippen molar-refractivity contribution in [2.24, 2.45) is 0 Å². The van der Waals surface area contributed by atoms with E-state index in [1.54, 1.807) is 18.4 Å². The van der Waals surface area contributed by atoms with E-state index in [1.165, 1.54) is 8.27 Å². The van der Waals surface area contributed by atoms with Crippen LogP contribution in [0.2, 0.25) is 0 Å². The molecule has 0 saturated heterocycles. The van der Waals surface area contributed by atoms with Crippen LogP contribution >= 0.6 is 33.9 Å². The Morgan fingerprint density at radius 2 is 2.23 bits per heavy atom. The normalized spacial score (nSPS) is 10.6. The van der Waals surface area contributed by atoms with Crippen molar-refractivity contribution in [1.29, 1.82) is 0 Å². The van der Waals surface area contributed by atoms with Crippen LogP contribution in [-0.4, -0.2) is 7.11 Å². The van der Waals surface area contributed by atoms with Gasteiger partial charge in [0.2, 0.25) is 0 Å². The largest absolute Gasteiger partial charge is 0.495 e. The molecule has 0 saturated carbocycles. The van der Waals surface area contributed by atoms with E-state index in [2.05, 4.69) is 28.0 Å². The summed E-state index contributed by atoms with van der Waals surface area (Å²) in [4.78, 5) is 0. The molecule has 2 nitrogen and oxygen atoms in total. The van der Waals surface area contributed by atoms with E-state index in [4.69, 9.17) is 10.5 Å². The highest BCUT2D eigenvalue weighted by Crippen LogP contribution is 2.36. The van der Waals surface area contributed by atoms with Crippen LogP contribution in [0.1, 0.15) is 0 Å². The number of ether oxygens (including phenoxy) is 1. The average Bonchev–Trinajstić information content (AvgIpc) is 2.49. The summed E-state index contributed by atoms with van der Waals surface area (Å²) in [6.45, 7) is 0. The monoisotopic (exact) mass is 305 g/mol. The number of nitrogens with two attached hydrogens (primary N) is 1. The summed E-state index contributed by atoms with van der Waals surface area (Å²) in [6.07, 6.45) is 0. The van der Waals surface area contributed by atoms with Crippen molar-refractivity contribution < 1.29 is 4.74 Å². The summed E-state index contributed by atoms with van der Waals surface area (Å²) in [5.41, 5.74) is 6.69. The second-order valence-electron chi connectivity index (χ2n) is 2.64. The zero-order valence-corrected chi connectivity index (χ0v) is 9.98. The van der Waals surface area contributed by atoms with Gasteiger partial charge in [-0.05, 0) is 34.7 Å². The van der Waals surface area contributed by atoms with Gasteiger partial charge in [0.15, 0.2) is 0 Å². The quantitative estimate of drug-likeness (QED) is 0.649. The molecule has 1 aromatic carbocycles. The third-order valence-electron chi connectivity index (χ3n) is 1.92. The molecule has 0 amide bonds. The molecule has 1 heterocycles. The lowest BCUT2D eigenvalue weighted by Crippen LogP contribution is -1.92. The number of fused-ring (bicyclic) bond motifs is 1. The molecule has 2 rings (SSSR count). The van der Waals surface area contributed by atoms with Gasteiger partial charge in [-0.2, -0.15) is 0 Å². The zero-order valence-electron chi connectivity index (χ0n) is 7.00. The Hall–Kier alpha value is -0.490. The molecule has 0 aliphatic carbocycles. The van der Waals surface area contributed by atoms with E-state index in [-0.39, 0.29) is 0 Å². The van der Waals surface area contributed by atoms with E-state index in [9.17, 15) is 0 Å². The van der Waals surface area contributed by atoms with Crippen molar-refractivity contribution in [1.82, 2.24) is 0 Å². The molecule has 0 spiro atoms. The number of rotatable bonds is 1. The summed E-state index contributed by atoms with van der Waals surface area (Å²) >= 11 is 3.99. The molecule has 2 N–H and O–H groups in total. The first kappa shape index (κ1) is 9.08. The Labute approximate surface area is 93.8 Å². The average molecular weight is 305 g/mol. The molecule has 68 valence electrons. The summed E-state index contributed by atoms with van der Waals surface area (Å²) in [5, 5.41) is 3.21. The molecule has 13 heavy (non-hydrogen) atoms. The number of methoxy groups -OCH3 is 1. The highest BCUT2D eigenvalue weighted by Gasteiger charge is 2.08. The zero-order chi connectivity index (χ0) is 9.42. The third-order valence-corrected chi connectivity index (χ3v) is 4.14. The Morgan fingerprint density at radius 1 is 1.46 bits per heavy atom. The van der Waals surface area contributed by atoms with Crippen molar-refractivity contribution in [2.75, 3.05) is 12.8 Å². The molecular weight excluding hydrogens is 297 g/mol. The number of benzene rings is 1. The van der Waals surface area contributed by atoms with Gasteiger partial charge in [-0.15, -0.1) is 11.3 Å². The molecule has 0 aliphatic rings. The fraction of sp³-hybridized carbons (Fsp3) is 0.111. The van der Waals surface area contributed by atoms with Crippen molar-refractivity contribution >= 4 is 49.7 Å². The number of nitrogen functional groups attached to an aromatic ring is 1. The summed E-state index contributed by atoms with van der Waals surface area (Å²) in [5.74, 6) is 0.754. The van der Waals surface area contributed by atoms with E-state index < -0.39 is 0 Å². The second kappa shape index (κ2) is 3.34. The lowest BCUT2D eigenvalue weighted by atomic mass is 10.2. The van der Waals surface area contributed by atoms with Gasteiger partial charge in [-0.1, -0.05) is 0 Å². The lowest BCUT2D eigenvalue weighted by molar-refractivity contribution is 0.417. The maximum Gasteiger partial charge on any atom is 0.142 e. The predicted molar refractivity (Wildman–Crippen MR) is 65.5 cm³/mol. The van der Waals surface area contributed by atoms with Crippen molar-refractivity contribution in [2.45, 2.75) is 0 Å². The van der Waals surface area contributed by atoms with E-state index >= 15 is 0 Å². The van der Waals surface area contributed by atoms with Crippen molar-refractivity contribution in [3.05, 3.63) is 21.1 Å². The van der Waals surface area contributed by atoms with Gasteiger partial charge in [-0.25, -0.2) is 0 Å². The molecular formula is C9H8INOS. The van der Waals surface area contributed by atoms with E-state index in [0.717, 1.165) is 16.8 Å². The molecule has 4 heteroatoms. The molecule has 0 unspecified atom stereocenters. The molecule has 1 aromatic heterocycles. The van der Waals surface area contributed by atoms with Crippen molar-refractivity contribution in [3.8, 4) is 5.75 Å². The number of hydrogen-bond donors (Lipinski definition) is 1. The topological polar surface area (TPSA) is 35.2 Å². The number of anilines is 1. The number of halogens is 1. The van der Waals surface area contributed by atoms with Gasteiger partial charge in [0.25, 0.3) is 0 Å². The van der Waals surface area contributed by atoms with Gasteiger partial charge in [0.05, 0.1) is 12.8 Å². The van der Waals surface area contributed by atoms with Crippen LogP contribution in [0.3, 0.4) is 0 Å². The fourth-order valence-corrected chi connectivity index (χ4v) is 3.26. The molecule has 0 bridgehead atoms. The minimum absolute atomic E-state index is 0.741. The summed E-state index contributed by atoms with van der Waals surface area (Å²) in [7, 11) is 1.64. The highest BCUT2D eigenvalue weighted by atomic mass is 127. The highest BCUT2D eigenvalue weighted by molar-refractivity contribution is 14.1. The Balaban J connectivity index is 2.83. The lowest BCUT2D eigenvalue weighted by Gasteiger charge is -2.04. The molecule has 0 aliphatic heterocycles. The maximum atomic E-state index is 5.95. The summed E-state index contributed by atoms with van der Waals surface area (Å²) < 4.78 is 7.55. The molecule has 0 atom stereocenters. The Kier molecular flexibility index (Phi) is 2.33. The van der Waals surface area contributed by atoms with Crippen LogP contribution in [-0.2, 0) is 0 Å². The Bertz CT molecular complexity index is 452. The van der Waals surface area contributed by atoms with Gasteiger partial charge in [0, 0.05) is 19.0 Å². The first-order valence-electron chi connectivity index (χ1n) is 3.73. The van der Waals surface area contributed by atoms with Crippen LogP contribution in [0.25, 0.3) is 10.1 Å². The Morgan fingerprint density at radius 3 is 2.92 bits per heavy atom. The van der Waals surface area contributed by atoms with Gasteiger partial charge in [-0.3, -0.25) is 0 Å². The van der Waals surface area contributed by atoms with Gasteiger partial charge >= 0.3 is 0 Å². The minimum Gasteiger partial charge on any atom is -0.495 e. The van der Waals surface area contributed by atoms with E-state index in [0.29, 0.717) is 0 Å². The van der Waals surface area contributed by atoms with Gasteiger partial charge in [0.1, 0.15) is 5.75 Å². The second-order valence-corrected chi connectivity index (χ2v) is 4.71. The fourth-order valence-electron chi connectivity index (χ4n) is 1.28. The van der Waals surface area contributed by atoms with Crippen molar-refractivity contribution in [3.63, 3.8) is 0 Å². The maximum absolute atomic E-state index is 5.95. The smallest absolute Gasteiger partial charge is 0.142 e. The van der Waals surface area contributed by atoms with E-state index in [1.807, 2.05) is 12.1 Å². The minimum atomic E-state index is 0.741. The summed E-state index contributed by atoms with van der Waals surface area (Å²) in [6, 6.07) is 3.95. The number of hydrogen-bond acceptors (Lipinski definition) is 3. The molecule has 2 aromatic rings. The van der Waals surface area contributed by atoms with Crippen LogP contribution < -0.4 is 10.5 Å². The van der Waals surface area contributed by atoms with Crippen LogP contribution in [0.5, 0.6) is 5.75 Å². The standard InChI is InChI=1S/C9H8INOS/c1-12-6-2-3-7-8(9(6)11)5(10)4-13-7/h2-4H,11H2,1H3. The number of thiophene rings is 1. The third kappa shape index (κ3) is 1.38. The SMILES string of the molecule is COc1ccc2scc(I)c2c1N. The van der Waals surface area contributed by atoms with Crippen LogP contribution in [0.4, 0.5) is 5.69 Å². The van der Waals surface area contributed by atoms with Crippen LogP contribution in [0, 0.1) is 3.57 Å².